The van der Waals surface area contributed by atoms with Crippen molar-refractivity contribution in [1.29, 1.82) is 0 Å². The second kappa shape index (κ2) is 16.4. The molecule has 2 fully saturated rings. The number of benzene rings is 5. The summed E-state index contributed by atoms with van der Waals surface area (Å²) in [5.41, 5.74) is 7.03. The molecule has 0 aromatic heterocycles. The van der Waals surface area contributed by atoms with Gasteiger partial charge < -0.3 is 14.6 Å². The molecule has 0 saturated carbocycles. The summed E-state index contributed by atoms with van der Waals surface area (Å²) in [5, 5.41) is 9.60. The molecule has 0 amide bonds. The van der Waals surface area contributed by atoms with E-state index in [2.05, 4.69) is 44.9 Å². The van der Waals surface area contributed by atoms with Crippen LogP contribution in [0.2, 0.25) is 0 Å². The Morgan fingerprint density at radius 1 is 0.667 bits per heavy atom. The van der Waals surface area contributed by atoms with Gasteiger partial charge in [0.05, 0.1) is 23.7 Å². The van der Waals surface area contributed by atoms with Gasteiger partial charge in [0, 0.05) is 57.8 Å². The van der Waals surface area contributed by atoms with E-state index in [0.29, 0.717) is 0 Å². The molecule has 0 radical (unpaired) electrons. The minimum Gasteiger partial charge on any atom is -0.392 e. The zero-order chi connectivity index (χ0) is 35.0. The van der Waals surface area contributed by atoms with Crippen LogP contribution in [0.1, 0.15) is 46.6 Å². The monoisotopic (exact) mass is 703 g/mol. The standard InChI is InChI=1S/C42H45N3O5S/c46-31-33-15-17-35(18-16-33)41-27-38(30-45-25-23-44(24-26-45)29-32-9-3-1-4-10-32)49-42(50-41)36-21-19-34(20-22-36)40-14-8-7-11-37(40)28-43-51(47,48)39-12-5-2-6-13-39/h1-22,38,41-43,46H,23-31H2/t38-,41+,42+/m1/s1. The van der Waals surface area contributed by atoms with Gasteiger partial charge in [-0.2, -0.15) is 0 Å². The van der Waals surface area contributed by atoms with E-state index in [9.17, 15) is 13.5 Å². The highest BCUT2D eigenvalue weighted by Crippen LogP contribution is 2.39. The Kier molecular flexibility index (Phi) is 11.4. The number of hydrogen-bond acceptors (Lipinski definition) is 7. The molecule has 2 saturated heterocycles. The Morgan fingerprint density at radius 3 is 2.00 bits per heavy atom. The normalized spacial score (nSPS) is 20.3. The van der Waals surface area contributed by atoms with Gasteiger partial charge in [-0.25, -0.2) is 13.1 Å². The predicted octanol–water partition coefficient (Wildman–Crippen LogP) is 6.69. The highest BCUT2D eigenvalue weighted by Gasteiger charge is 2.34. The average Bonchev–Trinajstić information content (AvgIpc) is 3.19. The van der Waals surface area contributed by atoms with Crippen molar-refractivity contribution >= 4 is 10.0 Å². The fraction of sp³-hybridized carbons (Fsp3) is 0.286. The number of nitrogens with one attached hydrogen (secondary N) is 1. The largest absolute Gasteiger partial charge is 0.392 e. The van der Waals surface area contributed by atoms with E-state index in [1.165, 1.54) is 5.56 Å². The lowest BCUT2D eigenvalue weighted by Gasteiger charge is -2.40. The minimum atomic E-state index is -3.64. The van der Waals surface area contributed by atoms with E-state index in [1.54, 1.807) is 30.3 Å². The average molecular weight is 704 g/mol. The summed E-state index contributed by atoms with van der Waals surface area (Å²) in [6.07, 6.45) is 0.0142. The van der Waals surface area contributed by atoms with Crippen molar-refractivity contribution < 1.29 is 23.0 Å². The molecule has 2 aliphatic heterocycles. The Bertz CT molecular complexity index is 1950. The minimum absolute atomic E-state index is 0.00476. The van der Waals surface area contributed by atoms with Crippen molar-refractivity contribution in [2.24, 2.45) is 0 Å². The summed E-state index contributed by atoms with van der Waals surface area (Å²) in [5.74, 6) is 0. The number of hydrogen-bond donors (Lipinski definition) is 2. The molecule has 264 valence electrons. The van der Waals surface area contributed by atoms with Crippen LogP contribution in [0.4, 0.5) is 0 Å². The van der Waals surface area contributed by atoms with Gasteiger partial charge in [-0.3, -0.25) is 9.80 Å². The molecule has 8 nitrogen and oxygen atoms in total. The van der Waals surface area contributed by atoms with E-state index in [-0.39, 0.29) is 30.3 Å². The first-order valence-corrected chi connectivity index (χ1v) is 19.1. The van der Waals surface area contributed by atoms with E-state index in [0.717, 1.165) is 79.1 Å². The van der Waals surface area contributed by atoms with E-state index >= 15 is 0 Å². The summed E-state index contributed by atoms with van der Waals surface area (Å²) in [4.78, 5) is 5.26. The van der Waals surface area contributed by atoms with Gasteiger partial charge in [-0.1, -0.05) is 121 Å². The fourth-order valence-electron chi connectivity index (χ4n) is 6.92. The van der Waals surface area contributed by atoms with Crippen LogP contribution in [0.25, 0.3) is 11.1 Å². The molecule has 5 aromatic carbocycles. The van der Waals surface area contributed by atoms with Crippen LogP contribution in [0, 0.1) is 0 Å². The van der Waals surface area contributed by atoms with Crippen molar-refractivity contribution in [3.8, 4) is 11.1 Å². The SMILES string of the molecule is O=S(=O)(NCc1ccccc1-c1ccc([C@H]2O[C@@H](CN3CCN(Cc4ccccc4)CC3)C[C@@H](c3ccc(CO)cc3)O2)cc1)c1ccccc1. The summed E-state index contributed by atoms with van der Waals surface area (Å²) < 4.78 is 41.9. The highest BCUT2D eigenvalue weighted by molar-refractivity contribution is 7.89. The van der Waals surface area contributed by atoms with Gasteiger partial charge in [0.2, 0.25) is 10.0 Å². The van der Waals surface area contributed by atoms with Gasteiger partial charge >= 0.3 is 0 Å². The maximum Gasteiger partial charge on any atom is 0.240 e. The molecule has 9 heteroatoms. The summed E-state index contributed by atoms with van der Waals surface area (Å²) in [7, 11) is -3.64. The van der Waals surface area contributed by atoms with Gasteiger partial charge in [-0.15, -0.1) is 0 Å². The van der Waals surface area contributed by atoms with Crippen molar-refractivity contribution in [2.75, 3.05) is 32.7 Å². The first kappa shape index (κ1) is 35.2. The Hall–Kier alpha value is -4.19. The summed E-state index contributed by atoms with van der Waals surface area (Å²) >= 11 is 0. The molecule has 7 rings (SSSR count). The molecule has 3 atom stereocenters. The molecular formula is C42H45N3O5S. The lowest BCUT2D eigenvalue weighted by molar-refractivity contribution is -0.253. The summed E-state index contributed by atoms with van der Waals surface area (Å²) in [6.45, 7) is 5.99. The molecule has 0 unspecified atom stereocenters. The van der Waals surface area contributed by atoms with Crippen LogP contribution >= 0.6 is 0 Å². The maximum atomic E-state index is 12.9. The molecule has 0 aliphatic carbocycles. The highest BCUT2D eigenvalue weighted by atomic mass is 32.2. The Labute approximate surface area is 301 Å². The van der Waals surface area contributed by atoms with Gasteiger partial charge in [0.1, 0.15) is 0 Å². The van der Waals surface area contributed by atoms with Crippen molar-refractivity contribution in [3.63, 3.8) is 0 Å². The second-order valence-electron chi connectivity index (χ2n) is 13.3. The van der Waals surface area contributed by atoms with Crippen molar-refractivity contribution in [1.82, 2.24) is 14.5 Å². The lowest BCUT2D eigenvalue weighted by Crippen LogP contribution is -2.49. The number of aliphatic hydroxyl groups excluding tert-OH is 1. The van der Waals surface area contributed by atoms with Gasteiger partial charge in [0.15, 0.2) is 6.29 Å². The van der Waals surface area contributed by atoms with Crippen LogP contribution in [-0.4, -0.2) is 62.2 Å². The molecular weight excluding hydrogens is 659 g/mol. The van der Waals surface area contributed by atoms with Crippen LogP contribution < -0.4 is 4.72 Å². The van der Waals surface area contributed by atoms with Crippen molar-refractivity contribution in [3.05, 3.63) is 161 Å². The third-order valence-corrected chi connectivity index (χ3v) is 11.2. The van der Waals surface area contributed by atoms with Crippen LogP contribution in [0.3, 0.4) is 0 Å². The number of piperazine rings is 1. The molecule has 5 aromatic rings. The maximum absolute atomic E-state index is 12.9. The van der Waals surface area contributed by atoms with Crippen molar-refractivity contribution in [2.45, 2.75) is 49.5 Å². The van der Waals surface area contributed by atoms with E-state index in [4.69, 9.17) is 9.47 Å². The quantitative estimate of drug-likeness (QED) is 0.150. The number of aliphatic hydroxyl groups is 1. The third-order valence-electron chi connectivity index (χ3n) is 9.81. The Balaban J connectivity index is 1.04. The zero-order valence-electron chi connectivity index (χ0n) is 28.7. The zero-order valence-corrected chi connectivity index (χ0v) is 29.5. The molecule has 2 N–H and O–H groups in total. The van der Waals surface area contributed by atoms with Crippen LogP contribution in [-0.2, 0) is 39.2 Å². The first-order valence-electron chi connectivity index (χ1n) is 17.7. The number of rotatable bonds is 12. The molecule has 51 heavy (non-hydrogen) atoms. The molecule has 2 heterocycles. The number of ether oxygens (including phenoxy) is 2. The predicted molar refractivity (Wildman–Crippen MR) is 199 cm³/mol. The Morgan fingerprint density at radius 2 is 1.29 bits per heavy atom. The van der Waals surface area contributed by atoms with E-state index in [1.807, 2.05) is 72.8 Å². The molecule has 0 bridgehead atoms. The van der Waals surface area contributed by atoms with Gasteiger partial charge in [-0.05, 0) is 45.5 Å². The molecule has 2 aliphatic rings. The van der Waals surface area contributed by atoms with E-state index < -0.39 is 16.3 Å². The first-order chi connectivity index (χ1) is 24.9. The van der Waals surface area contributed by atoms with Gasteiger partial charge in [0.25, 0.3) is 0 Å². The lowest BCUT2D eigenvalue weighted by atomic mass is 9.97. The third kappa shape index (κ3) is 9.01. The van der Waals surface area contributed by atoms with Crippen LogP contribution in [0.15, 0.2) is 138 Å². The number of sulfonamides is 1. The summed E-state index contributed by atoms with van der Waals surface area (Å²) in [6, 6.07) is 43.1. The smallest absolute Gasteiger partial charge is 0.240 e. The fourth-order valence-corrected chi connectivity index (χ4v) is 7.95. The molecule has 0 spiro atoms. The topological polar surface area (TPSA) is 91.3 Å². The van der Waals surface area contributed by atoms with Crippen LogP contribution in [0.5, 0.6) is 0 Å². The number of nitrogens with zero attached hydrogens (tertiary/aromatic N) is 2. The second-order valence-corrected chi connectivity index (χ2v) is 15.1.